The quantitative estimate of drug-likeness (QED) is 0.0237. The van der Waals surface area contributed by atoms with Gasteiger partial charge in [0.25, 0.3) is 0 Å². The molecule has 0 aromatic heterocycles. The van der Waals surface area contributed by atoms with Crippen molar-refractivity contribution in [2.24, 2.45) is 0 Å². The van der Waals surface area contributed by atoms with Gasteiger partial charge in [-0.2, -0.15) is 0 Å². The summed E-state index contributed by atoms with van der Waals surface area (Å²) in [6.45, 7) is 2.18. The zero-order valence-electron chi connectivity index (χ0n) is 34.4. The molecule has 0 aliphatic rings. The van der Waals surface area contributed by atoms with E-state index in [0.717, 1.165) is 64.2 Å². The molecule has 0 saturated carbocycles. The van der Waals surface area contributed by atoms with Gasteiger partial charge in [-0.3, -0.25) is 18.6 Å². The van der Waals surface area contributed by atoms with Crippen LogP contribution in [0, 0.1) is 0 Å². The maximum absolute atomic E-state index is 12.6. The molecule has 0 radical (unpaired) electrons. The number of phosphoric acid groups is 1. The summed E-state index contributed by atoms with van der Waals surface area (Å²) in [4.78, 5) is 34.9. The monoisotopic (exact) mass is 797 g/mol. The molecule has 3 N–H and O–H groups in total. The van der Waals surface area contributed by atoms with Gasteiger partial charge in [0.2, 0.25) is 0 Å². The number of carbonyl (C=O) groups excluding carboxylic acids is 2. The molecule has 3 atom stereocenters. The largest absolute Gasteiger partial charge is 0.472 e. The van der Waals surface area contributed by atoms with Crippen LogP contribution in [0.2, 0.25) is 0 Å². The third kappa shape index (κ3) is 39.7. The molecule has 0 aromatic carbocycles. The summed E-state index contributed by atoms with van der Waals surface area (Å²) in [7, 11) is -4.62. The van der Waals surface area contributed by atoms with E-state index < -0.39 is 51.8 Å². The van der Waals surface area contributed by atoms with Crippen molar-refractivity contribution in [2.45, 2.75) is 180 Å². The molecule has 0 aliphatic carbocycles. The van der Waals surface area contributed by atoms with Gasteiger partial charge in [-0.05, 0) is 57.8 Å². The van der Waals surface area contributed by atoms with E-state index in [-0.39, 0.29) is 19.4 Å². The molecular weight excluding hydrogens is 719 g/mol. The van der Waals surface area contributed by atoms with Crippen LogP contribution in [0.25, 0.3) is 0 Å². The standard InChI is InChI=1S/C44H77O10P/c1-3-5-7-9-11-13-15-17-18-19-20-21-22-24-25-27-29-31-33-35-43(47)51-39-42(40-53-55(49,50)52-38-41(46)37-45)54-44(48)36-34-32-30-28-26-23-16-14-12-10-8-6-4-2/h6,8,10-17,41-42,45-46H,3-5,7,9,18-40H2,1-2H3,(H,49,50)/b8-6+,12-10+,13-11+,16-14+,17-15+/t41-,42?/m1/s1. The summed E-state index contributed by atoms with van der Waals surface area (Å²) >= 11 is 0. The number of rotatable bonds is 39. The van der Waals surface area contributed by atoms with Crippen molar-refractivity contribution >= 4 is 19.8 Å². The minimum atomic E-state index is -4.62. The Labute approximate surface area is 334 Å². The third-order valence-corrected chi connectivity index (χ3v) is 9.70. The Morgan fingerprint density at radius 1 is 0.564 bits per heavy atom. The predicted octanol–water partition coefficient (Wildman–Crippen LogP) is 11.1. The highest BCUT2D eigenvalue weighted by Gasteiger charge is 2.27. The molecule has 11 heteroatoms. The highest BCUT2D eigenvalue weighted by molar-refractivity contribution is 7.47. The molecule has 318 valence electrons. The fourth-order valence-electron chi connectivity index (χ4n) is 5.45. The van der Waals surface area contributed by atoms with Crippen LogP contribution in [0.1, 0.15) is 168 Å². The summed E-state index contributed by atoms with van der Waals surface area (Å²) < 4.78 is 32.7. The topological polar surface area (TPSA) is 149 Å². The predicted molar refractivity (Wildman–Crippen MR) is 224 cm³/mol. The Hall–Kier alpha value is -2.33. The maximum atomic E-state index is 12.6. The number of aliphatic hydroxyl groups excluding tert-OH is 2. The fraction of sp³-hybridized carbons (Fsp3) is 0.727. The molecule has 0 aliphatic heterocycles. The van der Waals surface area contributed by atoms with Gasteiger partial charge < -0.3 is 24.6 Å². The van der Waals surface area contributed by atoms with Gasteiger partial charge in [-0.15, -0.1) is 0 Å². The molecule has 10 nitrogen and oxygen atoms in total. The first kappa shape index (κ1) is 52.7. The molecule has 0 amide bonds. The maximum Gasteiger partial charge on any atom is 0.472 e. The Balaban J connectivity index is 4.29. The Kier molecular flexibility index (Phi) is 38.2. The van der Waals surface area contributed by atoms with Gasteiger partial charge in [0.15, 0.2) is 6.10 Å². The smallest absolute Gasteiger partial charge is 0.462 e. The SMILES string of the molecule is CC/C=C/C=C/C=C/CCCCCCCC(=O)OC(COC(=O)CCCCCCCCCCCC/C=C/C=C/CCCCC)COP(=O)(O)OC[C@H](O)CO. The second-order valence-electron chi connectivity index (χ2n) is 14.1. The Morgan fingerprint density at radius 3 is 1.51 bits per heavy atom. The molecule has 0 fully saturated rings. The fourth-order valence-corrected chi connectivity index (χ4v) is 6.24. The van der Waals surface area contributed by atoms with E-state index in [4.69, 9.17) is 19.1 Å². The van der Waals surface area contributed by atoms with E-state index in [1.54, 1.807) is 0 Å². The highest BCUT2D eigenvalue weighted by atomic mass is 31.2. The van der Waals surface area contributed by atoms with Crippen LogP contribution in [0.4, 0.5) is 0 Å². The lowest BCUT2D eigenvalue weighted by Gasteiger charge is -2.20. The zero-order valence-corrected chi connectivity index (χ0v) is 35.3. The third-order valence-electron chi connectivity index (χ3n) is 8.74. The summed E-state index contributed by atoms with van der Waals surface area (Å²) in [5, 5.41) is 18.3. The van der Waals surface area contributed by atoms with E-state index in [0.29, 0.717) is 12.8 Å². The second-order valence-corrected chi connectivity index (χ2v) is 15.5. The van der Waals surface area contributed by atoms with Crippen LogP contribution in [-0.2, 0) is 32.7 Å². The van der Waals surface area contributed by atoms with Gasteiger partial charge in [0.1, 0.15) is 12.7 Å². The average Bonchev–Trinajstić information content (AvgIpc) is 3.17. The number of carbonyl (C=O) groups is 2. The van der Waals surface area contributed by atoms with Crippen LogP contribution in [-0.4, -0.2) is 65.7 Å². The highest BCUT2D eigenvalue weighted by Crippen LogP contribution is 2.43. The van der Waals surface area contributed by atoms with Crippen molar-refractivity contribution in [1.29, 1.82) is 0 Å². The number of hydrogen-bond acceptors (Lipinski definition) is 9. The van der Waals surface area contributed by atoms with Crippen molar-refractivity contribution in [1.82, 2.24) is 0 Å². The first-order chi connectivity index (χ1) is 26.7. The lowest BCUT2D eigenvalue weighted by atomic mass is 10.1. The van der Waals surface area contributed by atoms with Crippen LogP contribution < -0.4 is 0 Å². The number of hydrogen-bond donors (Lipinski definition) is 3. The van der Waals surface area contributed by atoms with Crippen molar-refractivity contribution in [3.05, 3.63) is 60.8 Å². The van der Waals surface area contributed by atoms with Crippen LogP contribution in [0.5, 0.6) is 0 Å². The number of unbranched alkanes of at least 4 members (excludes halogenated alkanes) is 18. The molecule has 55 heavy (non-hydrogen) atoms. The first-order valence-corrected chi connectivity index (χ1v) is 22.8. The molecule has 0 heterocycles. The van der Waals surface area contributed by atoms with Gasteiger partial charge in [-0.25, -0.2) is 4.57 Å². The Bertz CT molecular complexity index is 1100. The molecule has 0 bridgehead atoms. The minimum absolute atomic E-state index is 0.158. The number of aliphatic hydroxyl groups is 2. The summed E-state index contributed by atoms with van der Waals surface area (Å²) in [5.74, 6) is -0.956. The average molecular weight is 797 g/mol. The van der Waals surface area contributed by atoms with Gasteiger partial charge in [-0.1, -0.05) is 158 Å². The molecular formula is C44H77O10P. The van der Waals surface area contributed by atoms with Gasteiger partial charge >= 0.3 is 19.8 Å². The number of esters is 2. The Morgan fingerprint density at radius 2 is 1.00 bits per heavy atom. The summed E-state index contributed by atoms with van der Waals surface area (Å²) in [6.07, 6.45) is 43.3. The van der Waals surface area contributed by atoms with E-state index in [1.165, 1.54) is 64.2 Å². The number of ether oxygens (including phenoxy) is 2. The lowest BCUT2D eigenvalue weighted by Crippen LogP contribution is -2.29. The normalized spacial score (nSPS) is 14.5. The van der Waals surface area contributed by atoms with Crippen LogP contribution in [0.15, 0.2) is 60.8 Å². The molecule has 0 spiro atoms. The van der Waals surface area contributed by atoms with Crippen molar-refractivity contribution in [3.63, 3.8) is 0 Å². The molecule has 0 rings (SSSR count). The number of phosphoric ester groups is 1. The molecule has 0 saturated heterocycles. The minimum Gasteiger partial charge on any atom is -0.462 e. The summed E-state index contributed by atoms with van der Waals surface area (Å²) in [5.41, 5.74) is 0. The first-order valence-electron chi connectivity index (χ1n) is 21.3. The van der Waals surface area contributed by atoms with Crippen molar-refractivity contribution in [2.75, 3.05) is 26.4 Å². The van der Waals surface area contributed by atoms with Gasteiger partial charge in [0, 0.05) is 12.8 Å². The second kappa shape index (κ2) is 39.9. The van der Waals surface area contributed by atoms with E-state index >= 15 is 0 Å². The van der Waals surface area contributed by atoms with E-state index in [2.05, 4.69) is 54.8 Å². The van der Waals surface area contributed by atoms with E-state index in [1.807, 2.05) is 24.3 Å². The summed E-state index contributed by atoms with van der Waals surface area (Å²) in [6, 6.07) is 0. The lowest BCUT2D eigenvalue weighted by molar-refractivity contribution is -0.161. The van der Waals surface area contributed by atoms with E-state index in [9.17, 15) is 24.2 Å². The molecule has 0 aromatic rings. The van der Waals surface area contributed by atoms with Crippen molar-refractivity contribution in [3.8, 4) is 0 Å². The molecule has 2 unspecified atom stereocenters. The zero-order chi connectivity index (χ0) is 40.5. The van der Waals surface area contributed by atoms with Crippen LogP contribution >= 0.6 is 7.82 Å². The number of allylic oxidation sites excluding steroid dienone is 10. The van der Waals surface area contributed by atoms with Crippen LogP contribution in [0.3, 0.4) is 0 Å². The van der Waals surface area contributed by atoms with Gasteiger partial charge in [0.05, 0.1) is 19.8 Å². The van der Waals surface area contributed by atoms with Crippen molar-refractivity contribution < 1.29 is 47.8 Å².